The fraction of sp³-hybridized carbons (Fsp3) is 0.111. The van der Waals surface area contributed by atoms with Crippen molar-refractivity contribution in [1.82, 2.24) is 0 Å². The zero-order valence-corrected chi connectivity index (χ0v) is 7.69. The molecule has 1 aromatic rings. The molecule has 1 nitrogen and oxygen atoms in total. The van der Waals surface area contributed by atoms with E-state index in [0.717, 1.165) is 6.07 Å². The lowest BCUT2D eigenvalue weighted by atomic mass is 10.2. The average Bonchev–Trinajstić information content (AvgIpc) is 2.06. The molecule has 0 amide bonds. The quantitative estimate of drug-likeness (QED) is 0.738. The van der Waals surface area contributed by atoms with Crippen molar-refractivity contribution in [3.05, 3.63) is 35.4 Å². The van der Waals surface area contributed by atoms with Crippen molar-refractivity contribution in [2.45, 2.75) is 6.36 Å². The van der Waals surface area contributed by atoms with Gasteiger partial charge >= 0.3 is 6.36 Å². The minimum absolute atomic E-state index is 0.0974. The second-order valence-electron chi connectivity index (χ2n) is 2.41. The van der Waals surface area contributed by atoms with Gasteiger partial charge in [0.15, 0.2) is 0 Å². The van der Waals surface area contributed by atoms with Crippen LogP contribution in [0.3, 0.4) is 0 Å². The van der Waals surface area contributed by atoms with Gasteiger partial charge in [-0.05, 0) is 11.6 Å². The number of hydrogen-bond acceptors (Lipinski definition) is 1. The van der Waals surface area contributed by atoms with Crippen molar-refractivity contribution in [3.63, 3.8) is 0 Å². The summed E-state index contributed by atoms with van der Waals surface area (Å²) in [5.74, 6) is -0.420. The Labute approximate surface area is 83.8 Å². The molecule has 76 valence electrons. The molecule has 0 unspecified atom stereocenters. The Morgan fingerprint density at radius 3 is 2.50 bits per heavy atom. The third-order valence-electron chi connectivity index (χ3n) is 1.44. The Hall–Kier alpha value is -1.16. The van der Waals surface area contributed by atoms with E-state index in [4.69, 9.17) is 11.6 Å². The monoisotopic (exact) mass is 222 g/mol. The highest BCUT2D eigenvalue weighted by molar-refractivity contribution is 6.33. The maximum Gasteiger partial charge on any atom is 0.573 e. The molecule has 0 spiro atoms. The lowest BCUT2D eigenvalue weighted by Crippen LogP contribution is -2.17. The largest absolute Gasteiger partial charge is 0.573 e. The molecule has 0 bridgehead atoms. The summed E-state index contributed by atoms with van der Waals surface area (Å²) in [6.45, 7) is 3.41. The summed E-state index contributed by atoms with van der Waals surface area (Å²) in [4.78, 5) is 0. The van der Waals surface area contributed by atoms with Gasteiger partial charge in [0.2, 0.25) is 0 Å². The van der Waals surface area contributed by atoms with Gasteiger partial charge in [0.25, 0.3) is 0 Å². The van der Waals surface area contributed by atoms with Gasteiger partial charge in [-0.15, -0.1) is 13.2 Å². The SMILES string of the molecule is C=Cc1cccc(OC(F)(F)F)c1Cl. The number of alkyl halides is 3. The van der Waals surface area contributed by atoms with E-state index in [1.165, 1.54) is 12.1 Å². The van der Waals surface area contributed by atoms with Crippen LogP contribution in [0.2, 0.25) is 5.02 Å². The predicted molar refractivity (Wildman–Crippen MR) is 48.2 cm³/mol. The van der Waals surface area contributed by atoms with Crippen LogP contribution < -0.4 is 4.74 Å². The topological polar surface area (TPSA) is 9.23 Å². The molecule has 0 N–H and O–H groups in total. The maximum absolute atomic E-state index is 11.9. The van der Waals surface area contributed by atoms with Crippen LogP contribution in [0.15, 0.2) is 24.8 Å². The van der Waals surface area contributed by atoms with Gasteiger partial charge in [0.1, 0.15) is 5.75 Å². The zero-order chi connectivity index (χ0) is 10.8. The van der Waals surface area contributed by atoms with Crippen molar-refractivity contribution in [1.29, 1.82) is 0 Å². The molecule has 0 saturated carbocycles. The van der Waals surface area contributed by atoms with Gasteiger partial charge in [-0.3, -0.25) is 0 Å². The fourth-order valence-corrected chi connectivity index (χ4v) is 1.13. The second-order valence-corrected chi connectivity index (χ2v) is 2.79. The summed E-state index contributed by atoms with van der Waals surface area (Å²) in [6, 6.07) is 4.09. The summed E-state index contributed by atoms with van der Waals surface area (Å²) in [5.41, 5.74) is 0.397. The van der Waals surface area contributed by atoms with Crippen LogP contribution in [0.5, 0.6) is 5.75 Å². The van der Waals surface area contributed by atoms with E-state index in [9.17, 15) is 13.2 Å². The van der Waals surface area contributed by atoms with Crippen LogP contribution in [0.4, 0.5) is 13.2 Å². The Bertz CT molecular complexity index is 346. The number of ether oxygens (including phenoxy) is 1. The minimum atomic E-state index is -4.73. The van der Waals surface area contributed by atoms with E-state index in [1.807, 2.05) is 0 Å². The molecule has 0 aliphatic carbocycles. The molecule has 1 aromatic carbocycles. The van der Waals surface area contributed by atoms with E-state index in [1.54, 1.807) is 6.07 Å². The summed E-state index contributed by atoms with van der Waals surface area (Å²) < 4.78 is 39.2. The molecule has 0 radical (unpaired) electrons. The van der Waals surface area contributed by atoms with E-state index in [-0.39, 0.29) is 5.02 Å². The maximum atomic E-state index is 11.9. The van der Waals surface area contributed by atoms with Crippen molar-refractivity contribution in [2.75, 3.05) is 0 Å². The molecule has 14 heavy (non-hydrogen) atoms. The smallest absolute Gasteiger partial charge is 0.404 e. The lowest BCUT2D eigenvalue weighted by Gasteiger charge is -2.11. The number of halogens is 4. The first-order valence-electron chi connectivity index (χ1n) is 3.61. The van der Waals surface area contributed by atoms with Crippen LogP contribution in [0.25, 0.3) is 6.08 Å². The second kappa shape index (κ2) is 3.92. The summed E-state index contributed by atoms with van der Waals surface area (Å²) in [5, 5.41) is -0.0974. The van der Waals surface area contributed by atoms with E-state index >= 15 is 0 Å². The van der Waals surface area contributed by atoms with Gasteiger partial charge in [0, 0.05) is 0 Å². The molecule has 0 heterocycles. The molecule has 0 aromatic heterocycles. The Morgan fingerprint density at radius 1 is 1.36 bits per heavy atom. The molecule has 0 saturated heterocycles. The summed E-state index contributed by atoms with van der Waals surface area (Å²) in [6.07, 6.45) is -3.38. The van der Waals surface area contributed by atoms with Crippen LogP contribution >= 0.6 is 11.6 Å². The van der Waals surface area contributed by atoms with Crippen LogP contribution in [-0.2, 0) is 0 Å². The summed E-state index contributed by atoms with van der Waals surface area (Å²) >= 11 is 5.62. The number of rotatable bonds is 2. The summed E-state index contributed by atoms with van der Waals surface area (Å²) in [7, 11) is 0. The van der Waals surface area contributed by atoms with E-state index in [2.05, 4.69) is 11.3 Å². The molecular weight excluding hydrogens is 217 g/mol. The van der Waals surface area contributed by atoms with Crippen molar-refractivity contribution in [2.24, 2.45) is 0 Å². The molecule has 0 fully saturated rings. The van der Waals surface area contributed by atoms with Crippen LogP contribution in [-0.4, -0.2) is 6.36 Å². The van der Waals surface area contributed by atoms with Gasteiger partial charge in [-0.2, -0.15) is 0 Å². The average molecular weight is 223 g/mol. The van der Waals surface area contributed by atoms with E-state index < -0.39 is 12.1 Å². The molecule has 1 rings (SSSR count). The Morgan fingerprint density at radius 2 is 2.00 bits per heavy atom. The van der Waals surface area contributed by atoms with E-state index in [0.29, 0.717) is 5.56 Å². The third-order valence-corrected chi connectivity index (χ3v) is 1.84. The fourth-order valence-electron chi connectivity index (χ4n) is 0.889. The number of benzene rings is 1. The predicted octanol–water partition coefficient (Wildman–Crippen LogP) is 3.88. The first-order valence-corrected chi connectivity index (χ1v) is 3.98. The molecular formula is C9H6ClF3O. The minimum Gasteiger partial charge on any atom is -0.404 e. The van der Waals surface area contributed by atoms with Gasteiger partial charge in [-0.1, -0.05) is 36.4 Å². The molecule has 0 aliphatic rings. The highest BCUT2D eigenvalue weighted by Gasteiger charge is 2.32. The lowest BCUT2D eigenvalue weighted by molar-refractivity contribution is -0.274. The molecule has 0 aliphatic heterocycles. The highest BCUT2D eigenvalue weighted by atomic mass is 35.5. The van der Waals surface area contributed by atoms with Gasteiger partial charge < -0.3 is 4.74 Å². The normalized spacial score (nSPS) is 11.1. The number of hydrogen-bond donors (Lipinski definition) is 0. The van der Waals surface area contributed by atoms with Crippen molar-refractivity contribution in [3.8, 4) is 5.75 Å². The van der Waals surface area contributed by atoms with Crippen LogP contribution in [0, 0.1) is 0 Å². The molecule has 0 atom stereocenters. The van der Waals surface area contributed by atoms with Crippen molar-refractivity contribution >= 4 is 17.7 Å². The first-order chi connectivity index (χ1) is 6.44. The Balaban J connectivity index is 3.04. The van der Waals surface area contributed by atoms with Crippen molar-refractivity contribution < 1.29 is 17.9 Å². The molecule has 5 heteroatoms. The van der Waals surface area contributed by atoms with Gasteiger partial charge in [0.05, 0.1) is 5.02 Å². The van der Waals surface area contributed by atoms with Crippen LogP contribution in [0.1, 0.15) is 5.56 Å². The Kier molecular flexibility index (Phi) is 3.06. The first kappa shape index (κ1) is 10.9. The highest BCUT2D eigenvalue weighted by Crippen LogP contribution is 2.32. The standard InChI is InChI=1S/C9H6ClF3O/c1-2-6-4-3-5-7(8(6)10)14-9(11,12)13/h2-5H,1H2. The van der Waals surface area contributed by atoms with Gasteiger partial charge in [-0.25, -0.2) is 0 Å². The zero-order valence-electron chi connectivity index (χ0n) is 6.94. The third kappa shape index (κ3) is 2.67.